The molecule has 8 fully saturated rings. The number of hydrogen-bond acceptors (Lipinski definition) is 14. The monoisotopic (exact) mass is 1390 g/mol. The number of rotatable bonds is 16. The van der Waals surface area contributed by atoms with Crippen molar-refractivity contribution in [2.24, 2.45) is 43.3 Å². The predicted molar refractivity (Wildman–Crippen MR) is 429 cm³/mol. The van der Waals surface area contributed by atoms with Gasteiger partial charge in [-0.2, -0.15) is 0 Å². The molecule has 0 saturated carbocycles. The first-order valence-corrected chi connectivity index (χ1v) is 40.4. The van der Waals surface area contributed by atoms with Gasteiger partial charge in [0.2, 0.25) is 0 Å². The first kappa shape index (κ1) is 97.4. The summed E-state index contributed by atoms with van der Waals surface area (Å²) >= 11 is 0. The summed E-state index contributed by atoms with van der Waals surface area (Å²) in [7, 11) is 2.21. The number of hydrogen-bond donors (Lipinski definition) is 4. The van der Waals surface area contributed by atoms with Crippen LogP contribution in [0.25, 0.3) is 0 Å². The van der Waals surface area contributed by atoms with E-state index in [1.807, 2.05) is 0 Å². The minimum absolute atomic E-state index is 0. The van der Waals surface area contributed by atoms with Gasteiger partial charge in [-0.3, -0.25) is 9.80 Å². The summed E-state index contributed by atoms with van der Waals surface area (Å²) in [6, 6.07) is 0. The maximum atomic E-state index is 9.47. The molecule has 8 rings (SSSR count). The number of likely N-dealkylation sites (tertiary alicyclic amines) is 6. The van der Waals surface area contributed by atoms with Gasteiger partial charge in [0.25, 0.3) is 0 Å². The van der Waals surface area contributed by atoms with Crippen molar-refractivity contribution in [1.82, 2.24) is 44.1 Å². The molecule has 14 nitrogen and oxygen atoms in total. The van der Waals surface area contributed by atoms with Crippen molar-refractivity contribution in [3.8, 4) is 0 Å². The van der Waals surface area contributed by atoms with Crippen molar-refractivity contribution in [2.75, 3.05) is 190 Å². The molecule has 8 heterocycles. The Balaban J connectivity index is 0.00000110. The Bertz CT molecular complexity index is 1760. The molecule has 8 saturated heterocycles. The van der Waals surface area contributed by atoms with Crippen LogP contribution in [0.3, 0.4) is 0 Å². The van der Waals surface area contributed by atoms with Crippen molar-refractivity contribution in [3.05, 3.63) is 0 Å². The first-order valence-electron chi connectivity index (χ1n) is 40.4. The molecule has 0 aromatic rings. The summed E-state index contributed by atoms with van der Waals surface area (Å²) in [4.78, 5) is 22.2. The SMILES string of the molecule is C.CC(C)(C)CCN1CC(O)C1.CC(C)(C)CCN1CCC(O)CC1.CC(C)(C)CCN1CCCC(O)C1.CC(C)(C)CCN1CCCC1.CC(C)(C)CCN1CCCCC1.CC(C)(C)CCN1CCOCC1.CC(C)(C)CCN1CC[C@@H](O)C1.CN1CCN(CCC(C)(C)C)CC1. The Hall–Kier alpha value is -0.560. The van der Waals surface area contributed by atoms with Crippen LogP contribution in [0.1, 0.15) is 289 Å². The second-order valence-electron chi connectivity index (χ2n) is 40.9. The van der Waals surface area contributed by atoms with E-state index in [1.165, 1.54) is 175 Å². The molecule has 4 N–H and O–H groups in total. The van der Waals surface area contributed by atoms with E-state index in [2.05, 4.69) is 217 Å². The predicted octanol–water partition coefficient (Wildman–Crippen LogP) is 15.8. The summed E-state index contributed by atoms with van der Waals surface area (Å²) in [5, 5.41) is 37.1. The van der Waals surface area contributed by atoms with E-state index < -0.39 is 0 Å². The fraction of sp³-hybridized carbons (Fsp3) is 1.00. The Morgan fingerprint density at radius 2 is 0.480 bits per heavy atom. The number of β-amino-alcohol motifs (C(OH)–C–C–N with tert-alkyl or cyclic N) is 3. The first-order chi connectivity index (χ1) is 44.6. The molecule has 8 aliphatic rings. The van der Waals surface area contributed by atoms with E-state index in [0.29, 0.717) is 43.3 Å². The summed E-state index contributed by atoms with van der Waals surface area (Å²) in [5.41, 5.74) is 3.70. The number of morpholine rings is 1. The van der Waals surface area contributed by atoms with Crippen LogP contribution in [0, 0.1) is 43.3 Å². The highest BCUT2D eigenvalue weighted by atomic mass is 16.5. The van der Waals surface area contributed by atoms with Crippen LogP contribution in [0.15, 0.2) is 0 Å². The lowest BCUT2D eigenvalue weighted by Crippen LogP contribution is -2.51. The summed E-state index contributed by atoms with van der Waals surface area (Å²) in [6.45, 7) is 87.2. The molecule has 0 radical (unpaired) electrons. The van der Waals surface area contributed by atoms with Gasteiger partial charge >= 0.3 is 0 Å². The van der Waals surface area contributed by atoms with Crippen LogP contribution < -0.4 is 0 Å². The highest BCUT2D eigenvalue weighted by Gasteiger charge is 2.27. The van der Waals surface area contributed by atoms with Crippen molar-refractivity contribution in [3.63, 3.8) is 0 Å². The highest BCUT2D eigenvalue weighted by molar-refractivity contribution is 4.81. The summed E-state index contributed by atoms with van der Waals surface area (Å²) < 4.78 is 5.29. The van der Waals surface area contributed by atoms with Crippen LogP contribution in [0.4, 0.5) is 0 Å². The van der Waals surface area contributed by atoms with Gasteiger partial charge in [-0.25, -0.2) is 0 Å². The van der Waals surface area contributed by atoms with Gasteiger partial charge in [-0.15, -0.1) is 0 Å². The van der Waals surface area contributed by atoms with E-state index in [0.717, 1.165) is 124 Å². The van der Waals surface area contributed by atoms with Gasteiger partial charge in [0, 0.05) is 85.1 Å². The largest absolute Gasteiger partial charge is 0.393 e. The number of likely N-dealkylation sites (N-methyl/N-ethyl adjacent to an activating group) is 1. The Kier molecular flexibility index (Phi) is 49.1. The molecular formula is C84H179N9O5. The van der Waals surface area contributed by atoms with Crippen LogP contribution >= 0.6 is 0 Å². The second kappa shape index (κ2) is 49.3. The van der Waals surface area contributed by atoms with Crippen LogP contribution in [0.2, 0.25) is 0 Å². The normalized spacial score (nSPS) is 22.6. The number of aliphatic hydroxyl groups excluding tert-OH is 4. The molecule has 0 aromatic carbocycles. The lowest BCUT2D eigenvalue weighted by Gasteiger charge is -2.37. The van der Waals surface area contributed by atoms with Gasteiger partial charge in [0.15, 0.2) is 0 Å². The minimum Gasteiger partial charge on any atom is -0.393 e. The number of piperazine rings is 1. The van der Waals surface area contributed by atoms with E-state index in [-0.39, 0.29) is 31.8 Å². The van der Waals surface area contributed by atoms with Crippen molar-refractivity contribution >= 4 is 0 Å². The maximum Gasteiger partial charge on any atom is 0.0793 e. The molecule has 0 amide bonds. The molecule has 0 aliphatic carbocycles. The lowest BCUT2D eigenvalue weighted by molar-refractivity contribution is -0.00288. The van der Waals surface area contributed by atoms with E-state index >= 15 is 0 Å². The van der Waals surface area contributed by atoms with E-state index in [1.54, 1.807) is 0 Å². The standard InChI is InChI=1S/C11H24N2.2C11H23NO.C11H23N.2C10H21NO.C10H21N.C9H19NO.CH4/c1-11(2,3)5-6-13-9-7-12(4)8-10-13;1-11(2,3)6-9-12-7-4-10(13)5-8-12;1-11(2,3)6-8-12-7-4-5-10(13)9-12;1-11(2,3)7-10-12-8-5-4-6-9-12;1-10(2,3)5-7-11-6-4-9(12)8-11;1-10(2,3)4-5-11-6-8-12-9-7-11;1-10(2,3)6-9-11-7-4-5-8-11;1-9(2,3)4-5-10-6-8(11)7-10;/h5-10H2,1-4H3;2*10,13H,4-9H2,1-3H3;4-10H2,1-3H3;9,12H,4-8H2,1-3H3;4-9H2,1-3H3;4-9H2,1-3H3;8,11H,4-7H2,1-3H3;1H4/t;;;;9-;;;;/m....1..../s1. The van der Waals surface area contributed by atoms with Crippen LogP contribution in [0.5, 0.6) is 0 Å². The molecule has 590 valence electrons. The number of piperidine rings is 3. The maximum absolute atomic E-state index is 9.47. The van der Waals surface area contributed by atoms with Crippen molar-refractivity contribution in [2.45, 2.75) is 314 Å². The quantitative estimate of drug-likeness (QED) is 0.117. The molecule has 98 heavy (non-hydrogen) atoms. The molecule has 0 spiro atoms. The van der Waals surface area contributed by atoms with Gasteiger partial charge in [0.05, 0.1) is 37.6 Å². The zero-order valence-electron chi connectivity index (χ0n) is 70.1. The number of ether oxygens (including phenoxy) is 1. The Morgan fingerprint density at radius 3 is 0.796 bits per heavy atom. The zero-order valence-corrected chi connectivity index (χ0v) is 70.1. The van der Waals surface area contributed by atoms with Gasteiger partial charge in [-0.05, 0) is 245 Å². The fourth-order valence-corrected chi connectivity index (χ4v) is 12.2. The highest BCUT2D eigenvalue weighted by Crippen LogP contribution is 2.27. The van der Waals surface area contributed by atoms with E-state index in [4.69, 9.17) is 9.84 Å². The average Bonchev–Trinajstić information content (AvgIpc) is 2.05. The number of nitrogens with zero attached hydrogens (tertiary/aromatic N) is 9. The molecule has 14 heteroatoms. The smallest absolute Gasteiger partial charge is 0.0793 e. The zero-order chi connectivity index (χ0) is 73.7. The third-order valence-electron chi connectivity index (χ3n) is 20.0. The van der Waals surface area contributed by atoms with Crippen LogP contribution in [-0.4, -0.2) is 279 Å². The molecule has 2 atom stereocenters. The topological polar surface area (TPSA) is 119 Å². The Morgan fingerprint density at radius 1 is 0.245 bits per heavy atom. The molecule has 8 aliphatic heterocycles. The Labute approximate surface area is 613 Å². The van der Waals surface area contributed by atoms with E-state index in [9.17, 15) is 15.3 Å². The number of aliphatic hydroxyl groups is 4. The second-order valence-corrected chi connectivity index (χ2v) is 40.9. The van der Waals surface area contributed by atoms with Crippen molar-refractivity contribution < 1.29 is 25.2 Å². The van der Waals surface area contributed by atoms with Gasteiger partial charge in [0.1, 0.15) is 0 Å². The van der Waals surface area contributed by atoms with Crippen molar-refractivity contribution in [1.29, 1.82) is 0 Å². The van der Waals surface area contributed by atoms with Crippen LogP contribution in [-0.2, 0) is 4.74 Å². The van der Waals surface area contributed by atoms with Gasteiger partial charge < -0.3 is 59.5 Å². The fourth-order valence-electron chi connectivity index (χ4n) is 12.2. The molecule has 0 bridgehead atoms. The average molecular weight is 1400 g/mol. The summed E-state index contributed by atoms with van der Waals surface area (Å²) in [6.07, 6.45) is 22.1. The molecular weight excluding hydrogens is 1210 g/mol. The third-order valence-corrected chi connectivity index (χ3v) is 20.0. The molecule has 1 unspecified atom stereocenters. The minimum atomic E-state index is -0.0753. The third kappa shape index (κ3) is 61.7. The van der Waals surface area contributed by atoms with Gasteiger partial charge in [-0.1, -0.05) is 180 Å². The lowest BCUT2D eigenvalue weighted by atomic mass is 9.91. The molecule has 0 aromatic heterocycles. The summed E-state index contributed by atoms with van der Waals surface area (Å²) in [5.74, 6) is 0.